The molecule has 0 radical (unpaired) electrons. The Morgan fingerprint density at radius 2 is 2.06 bits per heavy atom. The van der Waals surface area contributed by atoms with Crippen LogP contribution in [0.2, 0.25) is 0 Å². The lowest BCUT2D eigenvalue weighted by Crippen LogP contribution is -2.33. The second-order valence-electron chi connectivity index (χ2n) is 3.89. The minimum absolute atomic E-state index is 0.0693. The summed E-state index contributed by atoms with van der Waals surface area (Å²) in [7, 11) is 3.61. The Balaban J connectivity index is 2.49. The van der Waals surface area contributed by atoms with E-state index < -0.39 is 0 Å². The standard InChI is InChI=1S/C13H19NO2/c1-14(13(11-15)8-9-16-2)10-12-6-4-3-5-7-12/h3-7,11,13H,8-10H2,1-2H3. The van der Waals surface area contributed by atoms with Crippen molar-refractivity contribution in [2.45, 2.75) is 19.0 Å². The minimum atomic E-state index is -0.0693. The van der Waals surface area contributed by atoms with Crippen LogP contribution in [0.1, 0.15) is 12.0 Å². The smallest absolute Gasteiger partial charge is 0.137 e. The summed E-state index contributed by atoms with van der Waals surface area (Å²) in [5.41, 5.74) is 1.22. The van der Waals surface area contributed by atoms with Gasteiger partial charge in [-0.3, -0.25) is 4.90 Å². The van der Waals surface area contributed by atoms with E-state index in [1.165, 1.54) is 5.56 Å². The van der Waals surface area contributed by atoms with Gasteiger partial charge in [0.2, 0.25) is 0 Å². The summed E-state index contributed by atoms with van der Waals surface area (Å²) < 4.78 is 4.99. The normalized spacial score (nSPS) is 12.7. The van der Waals surface area contributed by atoms with Gasteiger partial charge in [0.15, 0.2) is 0 Å². The highest BCUT2D eigenvalue weighted by Gasteiger charge is 2.13. The molecule has 0 aliphatic rings. The van der Waals surface area contributed by atoms with Crippen molar-refractivity contribution in [1.82, 2.24) is 4.90 Å². The van der Waals surface area contributed by atoms with E-state index in [1.54, 1.807) is 7.11 Å². The van der Waals surface area contributed by atoms with Crippen molar-refractivity contribution in [2.75, 3.05) is 20.8 Å². The van der Waals surface area contributed by atoms with E-state index in [-0.39, 0.29) is 6.04 Å². The maximum absolute atomic E-state index is 10.9. The van der Waals surface area contributed by atoms with Gasteiger partial charge in [-0.1, -0.05) is 30.3 Å². The zero-order chi connectivity index (χ0) is 11.8. The van der Waals surface area contributed by atoms with Crippen LogP contribution in [0.5, 0.6) is 0 Å². The number of rotatable bonds is 7. The molecule has 0 saturated carbocycles. The Bertz CT molecular complexity index is 300. The predicted molar refractivity (Wildman–Crippen MR) is 64.3 cm³/mol. The molecule has 0 heterocycles. The molecule has 0 aromatic heterocycles. The first-order chi connectivity index (χ1) is 7.77. The number of ether oxygens (including phenoxy) is 1. The maximum Gasteiger partial charge on any atom is 0.137 e. The van der Waals surface area contributed by atoms with E-state index in [2.05, 4.69) is 12.1 Å². The fourth-order valence-electron chi connectivity index (χ4n) is 1.62. The number of hydrogen-bond donors (Lipinski definition) is 0. The molecule has 1 rings (SSSR count). The summed E-state index contributed by atoms with van der Waals surface area (Å²) in [5, 5.41) is 0. The lowest BCUT2D eigenvalue weighted by atomic mass is 10.1. The molecule has 3 heteroatoms. The first-order valence-electron chi connectivity index (χ1n) is 5.46. The molecule has 0 aliphatic heterocycles. The summed E-state index contributed by atoms with van der Waals surface area (Å²) in [4.78, 5) is 13.0. The van der Waals surface area contributed by atoms with Gasteiger partial charge in [0.1, 0.15) is 6.29 Å². The lowest BCUT2D eigenvalue weighted by molar-refractivity contribution is -0.112. The molecule has 1 atom stereocenters. The molecule has 0 spiro atoms. The molecule has 0 bridgehead atoms. The molecule has 3 nitrogen and oxygen atoms in total. The Morgan fingerprint density at radius 3 is 2.62 bits per heavy atom. The summed E-state index contributed by atoms with van der Waals surface area (Å²) in [6.45, 7) is 1.40. The third kappa shape index (κ3) is 4.13. The third-order valence-corrected chi connectivity index (χ3v) is 2.62. The molecule has 88 valence electrons. The Hall–Kier alpha value is -1.19. The molecule has 0 aliphatic carbocycles. The van der Waals surface area contributed by atoms with E-state index in [9.17, 15) is 4.79 Å². The van der Waals surface area contributed by atoms with Gasteiger partial charge < -0.3 is 9.53 Å². The average Bonchev–Trinajstić information content (AvgIpc) is 2.31. The highest BCUT2D eigenvalue weighted by atomic mass is 16.5. The second-order valence-corrected chi connectivity index (χ2v) is 3.89. The molecule has 1 unspecified atom stereocenters. The van der Waals surface area contributed by atoms with Crippen LogP contribution in [-0.2, 0) is 16.1 Å². The zero-order valence-electron chi connectivity index (χ0n) is 9.93. The van der Waals surface area contributed by atoms with Crippen LogP contribution in [0.25, 0.3) is 0 Å². The predicted octanol–water partition coefficient (Wildman–Crippen LogP) is 1.72. The molecule has 0 fully saturated rings. The first kappa shape index (κ1) is 12.9. The Kier molecular flexibility index (Phi) is 5.75. The number of carbonyl (C=O) groups is 1. The number of benzene rings is 1. The van der Waals surface area contributed by atoms with Crippen LogP contribution in [0.3, 0.4) is 0 Å². The molecule has 16 heavy (non-hydrogen) atoms. The van der Waals surface area contributed by atoms with Gasteiger partial charge in [-0.25, -0.2) is 0 Å². The summed E-state index contributed by atoms with van der Waals surface area (Å²) in [6.07, 6.45) is 1.73. The van der Waals surface area contributed by atoms with Crippen LogP contribution < -0.4 is 0 Å². The summed E-state index contributed by atoms with van der Waals surface area (Å²) in [6, 6.07) is 10.1. The summed E-state index contributed by atoms with van der Waals surface area (Å²) >= 11 is 0. The fourth-order valence-corrected chi connectivity index (χ4v) is 1.62. The molecule has 0 amide bonds. The van der Waals surface area contributed by atoms with E-state index in [0.717, 1.165) is 19.3 Å². The van der Waals surface area contributed by atoms with E-state index in [1.807, 2.05) is 30.1 Å². The van der Waals surface area contributed by atoms with Gasteiger partial charge in [0.25, 0.3) is 0 Å². The van der Waals surface area contributed by atoms with E-state index in [0.29, 0.717) is 6.61 Å². The topological polar surface area (TPSA) is 29.5 Å². The molecular weight excluding hydrogens is 202 g/mol. The van der Waals surface area contributed by atoms with Crippen LogP contribution in [0.4, 0.5) is 0 Å². The molecular formula is C13H19NO2. The largest absolute Gasteiger partial charge is 0.385 e. The van der Waals surface area contributed by atoms with Crippen molar-refractivity contribution in [3.63, 3.8) is 0 Å². The average molecular weight is 221 g/mol. The second kappa shape index (κ2) is 7.14. The van der Waals surface area contributed by atoms with Crippen molar-refractivity contribution in [3.05, 3.63) is 35.9 Å². The SMILES string of the molecule is COCCC(C=O)N(C)Cc1ccccc1. The van der Waals surface area contributed by atoms with E-state index in [4.69, 9.17) is 4.74 Å². The minimum Gasteiger partial charge on any atom is -0.385 e. The quantitative estimate of drug-likeness (QED) is 0.657. The molecule has 0 N–H and O–H groups in total. The lowest BCUT2D eigenvalue weighted by Gasteiger charge is -2.23. The highest BCUT2D eigenvalue weighted by Crippen LogP contribution is 2.07. The van der Waals surface area contributed by atoms with Crippen molar-refractivity contribution < 1.29 is 9.53 Å². The van der Waals surface area contributed by atoms with Gasteiger partial charge in [0, 0.05) is 20.3 Å². The first-order valence-corrected chi connectivity index (χ1v) is 5.46. The van der Waals surface area contributed by atoms with Crippen LogP contribution in [0.15, 0.2) is 30.3 Å². The Morgan fingerprint density at radius 1 is 1.38 bits per heavy atom. The number of aldehydes is 1. The molecule has 0 saturated heterocycles. The van der Waals surface area contributed by atoms with Gasteiger partial charge >= 0.3 is 0 Å². The highest BCUT2D eigenvalue weighted by molar-refractivity contribution is 5.57. The van der Waals surface area contributed by atoms with Gasteiger partial charge in [-0.2, -0.15) is 0 Å². The van der Waals surface area contributed by atoms with E-state index >= 15 is 0 Å². The van der Waals surface area contributed by atoms with Crippen molar-refractivity contribution in [2.24, 2.45) is 0 Å². The fraction of sp³-hybridized carbons (Fsp3) is 0.462. The van der Waals surface area contributed by atoms with Crippen LogP contribution in [-0.4, -0.2) is 38.0 Å². The maximum atomic E-state index is 10.9. The number of nitrogens with zero attached hydrogens (tertiary/aromatic N) is 1. The van der Waals surface area contributed by atoms with Gasteiger partial charge in [-0.15, -0.1) is 0 Å². The number of hydrogen-bond acceptors (Lipinski definition) is 3. The number of likely N-dealkylation sites (N-methyl/N-ethyl adjacent to an activating group) is 1. The Labute approximate surface area is 97.0 Å². The van der Waals surface area contributed by atoms with Gasteiger partial charge in [0.05, 0.1) is 6.04 Å². The van der Waals surface area contributed by atoms with Crippen LogP contribution >= 0.6 is 0 Å². The van der Waals surface area contributed by atoms with Gasteiger partial charge in [-0.05, 0) is 19.0 Å². The molecule has 1 aromatic rings. The van der Waals surface area contributed by atoms with Crippen molar-refractivity contribution in [3.8, 4) is 0 Å². The summed E-state index contributed by atoms with van der Waals surface area (Å²) in [5.74, 6) is 0. The monoisotopic (exact) mass is 221 g/mol. The number of methoxy groups -OCH3 is 1. The zero-order valence-corrected chi connectivity index (χ0v) is 9.93. The molecule has 1 aromatic carbocycles. The van der Waals surface area contributed by atoms with Crippen molar-refractivity contribution in [1.29, 1.82) is 0 Å². The van der Waals surface area contributed by atoms with Crippen molar-refractivity contribution >= 4 is 6.29 Å². The third-order valence-electron chi connectivity index (χ3n) is 2.62. The van der Waals surface area contributed by atoms with Crippen LogP contribution in [0, 0.1) is 0 Å². The number of carbonyl (C=O) groups excluding carboxylic acids is 1.